The van der Waals surface area contributed by atoms with Crippen LogP contribution in [-0.4, -0.2) is 20.9 Å². The molecule has 0 aliphatic heterocycles. The van der Waals surface area contributed by atoms with Crippen molar-refractivity contribution in [2.75, 3.05) is 17.7 Å². The lowest BCUT2D eigenvalue weighted by molar-refractivity contribution is -0.137. The van der Waals surface area contributed by atoms with E-state index >= 15 is 0 Å². The van der Waals surface area contributed by atoms with Crippen LogP contribution in [-0.2, 0) is 6.18 Å². The molecule has 2 aromatic heterocycles. The third-order valence-electron chi connectivity index (χ3n) is 3.50. The van der Waals surface area contributed by atoms with Crippen molar-refractivity contribution in [2.24, 2.45) is 10.2 Å². The fourth-order valence-electron chi connectivity index (χ4n) is 2.29. The second kappa shape index (κ2) is 6.76. The summed E-state index contributed by atoms with van der Waals surface area (Å²) < 4.78 is 39.7. The Bertz CT molecular complexity index is 1100. The van der Waals surface area contributed by atoms with E-state index in [9.17, 15) is 18.4 Å². The smallest absolute Gasteiger partial charge is 0.382 e. The fraction of sp³-hybridized carbons (Fsp3) is 0.133. The van der Waals surface area contributed by atoms with Gasteiger partial charge in [0.25, 0.3) is 0 Å². The average molecular weight is 392 g/mol. The van der Waals surface area contributed by atoms with Gasteiger partial charge < -0.3 is 11.5 Å². The van der Waals surface area contributed by atoms with Crippen LogP contribution >= 0.6 is 11.8 Å². The van der Waals surface area contributed by atoms with E-state index in [2.05, 4.69) is 20.3 Å². The summed E-state index contributed by atoms with van der Waals surface area (Å²) in [5.74, 6) is -0.0900. The summed E-state index contributed by atoms with van der Waals surface area (Å²) in [4.78, 5) is 4.07. The minimum atomic E-state index is -4.49. The summed E-state index contributed by atoms with van der Waals surface area (Å²) in [6.45, 7) is 0. The number of nitrogens with two attached hydrogens (primary N) is 2. The quantitative estimate of drug-likeness (QED) is 0.394. The SMILES string of the molecule is CSc1c(C#N)c(N)nc2c(N=Nc3cccc(C(F)(F)F)c3)c(N)nn12. The van der Waals surface area contributed by atoms with Crippen molar-refractivity contribution in [2.45, 2.75) is 11.2 Å². The third-order valence-corrected chi connectivity index (χ3v) is 4.26. The monoisotopic (exact) mass is 392 g/mol. The van der Waals surface area contributed by atoms with Crippen LogP contribution < -0.4 is 11.5 Å². The molecule has 0 atom stereocenters. The number of rotatable bonds is 3. The first-order chi connectivity index (χ1) is 12.8. The molecule has 12 heteroatoms. The number of thioether (sulfide) groups is 1. The highest BCUT2D eigenvalue weighted by Gasteiger charge is 2.30. The minimum Gasteiger partial charge on any atom is -0.382 e. The molecule has 0 unspecified atom stereocenters. The Hall–Kier alpha value is -3.33. The maximum absolute atomic E-state index is 12.8. The van der Waals surface area contributed by atoms with Gasteiger partial charge in [0, 0.05) is 0 Å². The zero-order valence-electron chi connectivity index (χ0n) is 13.7. The van der Waals surface area contributed by atoms with E-state index in [-0.39, 0.29) is 34.2 Å². The number of aromatic nitrogens is 3. The molecule has 0 aliphatic carbocycles. The van der Waals surface area contributed by atoms with Crippen LogP contribution in [0.4, 0.5) is 36.2 Å². The summed E-state index contributed by atoms with van der Waals surface area (Å²) in [7, 11) is 0. The molecule has 0 fully saturated rings. The molecule has 0 amide bonds. The second-order valence-corrected chi connectivity index (χ2v) is 6.01. The number of anilines is 2. The predicted molar refractivity (Wildman–Crippen MR) is 93.9 cm³/mol. The highest BCUT2D eigenvalue weighted by atomic mass is 32.2. The number of halogens is 3. The maximum atomic E-state index is 12.8. The van der Waals surface area contributed by atoms with E-state index in [1.54, 1.807) is 6.26 Å². The summed E-state index contributed by atoms with van der Waals surface area (Å²) in [5, 5.41) is 21.4. The lowest BCUT2D eigenvalue weighted by Crippen LogP contribution is -2.04. The summed E-state index contributed by atoms with van der Waals surface area (Å²) >= 11 is 1.21. The Morgan fingerprint density at radius 1 is 1.22 bits per heavy atom. The molecular formula is C15H11F3N8S. The molecule has 0 bridgehead atoms. The second-order valence-electron chi connectivity index (χ2n) is 5.21. The van der Waals surface area contributed by atoms with Crippen molar-refractivity contribution in [3.8, 4) is 6.07 Å². The molecule has 3 rings (SSSR count). The number of nitriles is 1. The summed E-state index contributed by atoms with van der Waals surface area (Å²) in [6.07, 6.45) is -2.78. The molecule has 3 aromatic rings. The molecule has 2 heterocycles. The molecule has 0 radical (unpaired) electrons. The summed E-state index contributed by atoms with van der Waals surface area (Å²) in [6, 6.07) is 6.31. The van der Waals surface area contributed by atoms with Gasteiger partial charge in [-0.1, -0.05) is 6.07 Å². The Morgan fingerprint density at radius 2 is 1.96 bits per heavy atom. The number of benzene rings is 1. The number of nitrogens with zero attached hydrogens (tertiary/aromatic N) is 6. The third kappa shape index (κ3) is 3.36. The van der Waals surface area contributed by atoms with Gasteiger partial charge in [-0.2, -0.15) is 23.5 Å². The Morgan fingerprint density at radius 3 is 2.59 bits per heavy atom. The van der Waals surface area contributed by atoms with E-state index in [0.717, 1.165) is 12.1 Å². The molecule has 0 spiro atoms. The summed E-state index contributed by atoms with van der Waals surface area (Å²) in [5.41, 5.74) is 11.1. The normalized spacial score (nSPS) is 12.0. The molecule has 8 nitrogen and oxygen atoms in total. The predicted octanol–water partition coefficient (Wildman–Crippen LogP) is 3.92. The molecule has 4 N–H and O–H groups in total. The van der Waals surface area contributed by atoms with Crippen molar-refractivity contribution in [3.63, 3.8) is 0 Å². The fourth-order valence-corrected chi connectivity index (χ4v) is 2.94. The first-order valence-corrected chi connectivity index (χ1v) is 8.49. The minimum absolute atomic E-state index is 0.0183. The highest BCUT2D eigenvalue weighted by Crippen LogP contribution is 2.35. The van der Waals surface area contributed by atoms with Gasteiger partial charge in [0.15, 0.2) is 17.2 Å². The standard InChI is InChI=1S/C15H11F3N8S/c1-27-14-9(6-19)11(20)22-13-10(12(21)25-26(13)14)24-23-8-4-2-3-7(5-8)15(16,17)18/h2-5H,1H3,(H2,20,22)(H2,21,25). The Kier molecular flexibility index (Phi) is 4.63. The molecule has 0 saturated heterocycles. The molecule has 0 aliphatic rings. The zero-order chi connectivity index (χ0) is 19.8. The van der Waals surface area contributed by atoms with Gasteiger partial charge in [-0.05, 0) is 24.5 Å². The zero-order valence-corrected chi connectivity index (χ0v) is 14.5. The van der Waals surface area contributed by atoms with E-state index < -0.39 is 11.7 Å². The number of alkyl halides is 3. The van der Waals surface area contributed by atoms with Crippen LogP contribution in [0.1, 0.15) is 11.1 Å². The molecule has 0 saturated carbocycles. The highest BCUT2D eigenvalue weighted by molar-refractivity contribution is 7.98. The number of fused-ring (bicyclic) bond motifs is 1. The van der Waals surface area contributed by atoms with Crippen molar-refractivity contribution < 1.29 is 13.2 Å². The van der Waals surface area contributed by atoms with Crippen molar-refractivity contribution in [3.05, 3.63) is 35.4 Å². The maximum Gasteiger partial charge on any atom is 0.416 e. The van der Waals surface area contributed by atoms with E-state index in [1.165, 1.54) is 28.4 Å². The topological polar surface area (TPSA) is 131 Å². The molecule has 1 aromatic carbocycles. The van der Waals surface area contributed by atoms with Gasteiger partial charge in [-0.15, -0.1) is 22.0 Å². The number of hydrogen-bond donors (Lipinski definition) is 2. The Balaban J connectivity index is 2.11. The number of nitrogen functional groups attached to an aromatic ring is 2. The van der Waals surface area contributed by atoms with Crippen LogP contribution in [0.25, 0.3) is 5.65 Å². The van der Waals surface area contributed by atoms with E-state index in [0.29, 0.717) is 5.03 Å². The van der Waals surface area contributed by atoms with Gasteiger partial charge in [0.2, 0.25) is 0 Å². The van der Waals surface area contributed by atoms with Crippen LogP contribution in [0.3, 0.4) is 0 Å². The van der Waals surface area contributed by atoms with Crippen LogP contribution in [0, 0.1) is 11.3 Å². The molecule has 138 valence electrons. The van der Waals surface area contributed by atoms with Crippen LogP contribution in [0.2, 0.25) is 0 Å². The van der Waals surface area contributed by atoms with E-state index in [4.69, 9.17) is 11.5 Å². The van der Waals surface area contributed by atoms with Crippen molar-refractivity contribution in [1.82, 2.24) is 14.6 Å². The lowest BCUT2D eigenvalue weighted by Gasteiger charge is -2.06. The van der Waals surface area contributed by atoms with Gasteiger partial charge in [-0.25, -0.2) is 9.50 Å². The number of hydrogen-bond acceptors (Lipinski definition) is 8. The van der Waals surface area contributed by atoms with Crippen molar-refractivity contribution in [1.29, 1.82) is 5.26 Å². The largest absolute Gasteiger partial charge is 0.416 e. The Labute approximate surface area is 154 Å². The molecular weight excluding hydrogens is 381 g/mol. The molecule has 27 heavy (non-hydrogen) atoms. The van der Waals surface area contributed by atoms with Crippen molar-refractivity contribution >= 4 is 40.4 Å². The van der Waals surface area contributed by atoms with Gasteiger partial charge in [0.1, 0.15) is 22.5 Å². The lowest BCUT2D eigenvalue weighted by atomic mass is 10.2. The van der Waals surface area contributed by atoms with Gasteiger partial charge in [-0.3, -0.25) is 0 Å². The first-order valence-electron chi connectivity index (χ1n) is 7.27. The van der Waals surface area contributed by atoms with Gasteiger partial charge in [0.05, 0.1) is 11.3 Å². The van der Waals surface area contributed by atoms with Crippen LogP contribution in [0.15, 0.2) is 39.5 Å². The number of azo groups is 1. The average Bonchev–Trinajstić information content (AvgIpc) is 2.93. The first kappa shape index (κ1) is 18.5. The van der Waals surface area contributed by atoms with E-state index in [1.807, 2.05) is 6.07 Å². The van der Waals surface area contributed by atoms with Gasteiger partial charge >= 0.3 is 6.18 Å². The van der Waals surface area contributed by atoms with Crippen LogP contribution in [0.5, 0.6) is 0 Å².